The molecular formula is C10H23NO4Si. The molecule has 0 aromatic carbocycles. The lowest BCUT2D eigenvalue weighted by Gasteiger charge is -2.22. The summed E-state index contributed by atoms with van der Waals surface area (Å²) < 4.78 is 15.5. The number of nitrogens with one attached hydrogen (secondary N) is 1. The minimum atomic E-state index is -1.95. The van der Waals surface area contributed by atoms with Crippen molar-refractivity contribution in [2.24, 2.45) is 0 Å². The zero-order valence-corrected chi connectivity index (χ0v) is 11.7. The standard InChI is InChI=1S/C10H23NO4Si/c1-5-15-10(12)9-11-7-6-8-16(4,13-2)14-3/h11H,5-9H2,1-4H3. The van der Waals surface area contributed by atoms with Crippen molar-refractivity contribution in [3.05, 3.63) is 0 Å². The molecule has 0 saturated heterocycles. The SMILES string of the molecule is CCOC(=O)CNCCC[Si](C)(OC)OC. The molecule has 0 aliphatic carbocycles. The van der Waals surface area contributed by atoms with Crippen LogP contribution in [0.1, 0.15) is 13.3 Å². The first-order valence-electron chi connectivity index (χ1n) is 5.54. The van der Waals surface area contributed by atoms with Crippen molar-refractivity contribution in [3.8, 4) is 0 Å². The molecule has 0 aromatic rings. The molecule has 0 aromatic heterocycles. The summed E-state index contributed by atoms with van der Waals surface area (Å²) in [4.78, 5) is 11.0. The first-order chi connectivity index (χ1) is 7.58. The molecule has 0 aliphatic heterocycles. The smallest absolute Gasteiger partial charge is 0.334 e. The van der Waals surface area contributed by atoms with Crippen LogP contribution in [0, 0.1) is 0 Å². The largest absolute Gasteiger partial charge is 0.465 e. The average molecular weight is 249 g/mol. The molecule has 0 fully saturated rings. The third kappa shape index (κ3) is 6.94. The van der Waals surface area contributed by atoms with Crippen LogP contribution in [0.3, 0.4) is 0 Å². The monoisotopic (exact) mass is 249 g/mol. The van der Waals surface area contributed by atoms with E-state index in [4.69, 9.17) is 13.6 Å². The van der Waals surface area contributed by atoms with E-state index < -0.39 is 8.56 Å². The van der Waals surface area contributed by atoms with Gasteiger partial charge in [-0.1, -0.05) is 0 Å². The molecule has 0 saturated carbocycles. The fourth-order valence-corrected chi connectivity index (χ4v) is 2.62. The van der Waals surface area contributed by atoms with Gasteiger partial charge in [-0.05, 0) is 32.5 Å². The van der Waals surface area contributed by atoms with Crippen LogP contribution in [0.25, 0.3) is 0 Å². The van der Waals surface area contributed by atoms with Crippen molar-refractivity contribution < 1.29 is 18.4 Å². The zero-order chi connectivity index (χ0) is 12.4. The lowest BCUT2D eigenvalue weighted by Crippen LogP contribution is -2.37. The predicted octanol–water partition coefficient (Wildman–Crippen LogP) is 0.894. The molecule has 0 heterocycles. The highest BCUT2D eigenvalue weighted by Gasteiger charge is 2.27. The second-order valence-corrected chi connectivity index (χ2v) is 7.21. The molecule has 6 heteroatoms. The first kappa shape index (κ1) is 15.6. The van der Waals surface area contributed by atoms with E-state index in [9.17, 15) is 4.79 Å². The van der Waals surface area contributed by atoms with Crippen LogP contribution in [-0.2, 0) is 18.4 Å². The number of esters is 1. The van der Waals surface area contributed by atoms with Crippen LogP contribution >= 0.6 is 0 Å². The van der Waals surface area contributed by atoms with Gasteiger partial charge < -0.3 is 18.9 Å². The van der Waals surface area contributed by atoms with Gasteiger partial charge in [0.15, 0.2) is 0 Å². The Morgan fingerprint density at radius 1 is 1.31 bits per heavy atom. The van der Waals surface area contributed by atoms with E-state index in [1.165, 1.54) is 0 Å². The van der Waals surface area contributed by atoms with Crippen molar-refractivity contribution in [2.75, 3.05) is 33.9 Å². The van der Waals surface area contributed by atoms with E-state index in [-0.39, 0.29) is 12.5 Å². The van der Waals surface area contributed by atoms with Crippen LogP contribution in [-0.4, -0.2) is 48.4 Å². The molecule has 0 atom stereocenters. The molecule has 0 aliphatic rings. The highest BCUT2D eigenvalue weighted by molar-refractivity contribution is 6.65. The highest BCUT2D eigenvalue weighted by Crippen LogP contribution is 2.12. The summed E-state index contributed by atoms with van der Waals surface area (Å²) >= 11 is 0. The molecule has 0 bridgehead atoms. The van der Waals surface area contributed by atoms with Crippen LogP contribution in [0.5, 0.6) is 0 Å². The first-order valence-corrected chi connectivity index (χ1v) is 8.07. The third-order valence-corrected chi connectivity index (χ3v) is 5.41. The Hall–Kier alpha value is -0.433. The minimum Gasteiger partial charge on any atom is -0.465 e. The number of carbonyl (C=O) groups excluding carboxylic acids is 1. The zero-order valence-electron chi connectivity index (χ0n) is 10.7. The van der Waals surface area contributed by atoms with E-state index in [1.807, 2.05) is 6.55 Å². The maximum Gasteiger partial charge on any atom is 0.334 e. The van der Waals surface area contributed by atoms with Gasteiger partial charge in [-0.2, -0.15) is 0 Å². The average Bonchev–Trinajstić information content (AvgIpc) is 2.28. The fraction of sp³-hybridized carbons (Fsp3) is 0.900. The van der Waals surface area contributed by atoms with Gasteiger partial charge in [0.1, 0.15) is 0 Å². The summed E-state index contributed by atoms with van der Waals surface area (Å²) in [7, 11) is 1.42. The molecule has 0 radical (unpaired) electrons. The van der Waals surface area contributed by atoms with Gasteiger partial charge in [0.25, 0.3) is 0 Å². The summed E-state index contributed by atoms with van der Waals surface area (Å²) in [5.41, 5.74) is 0. The maximum atomic E-state index is 11.0. The van der Waals surface area contributed by atoms with Gasteiger partial charge in [0.2, 0.25) is 0 Å². The molecule has 1 N–H and O–H groups in total. The van der Waals surface area contributed by atoms with Gasteiger partial charge in [-0.15, -0.1) is 0 Å². The Morgan fingerprint density at radius 2 is 1.94 bits per heavy atom. The lowest BCUT2D eigenvalue weighted by molar-refractivity contribution is -0.141. The van der Waals surface area contributed by atoms with Crippen molar-refractivity contribution in [3.63, 3.8) is 0 Å². The number of hydrogen-bond acceptors (Lipinski definition) is 5. The van der Waals surface area contributed by atoms with E-state index in [2.05, 4.69) is 5.32 Å². The molecule has 0 unspecified atom stereocenters. The lowest BCUT2D eigenvalue weighted by atomic mass is 10.4. The summed E-state index contributed by atoms with van der Waals surface area (Å²) in [6.07, 6.45) is 0.934. The Morgan fingerprint density at radius 3 is 2.44 bits per heavy atom. The Bertz CT molecular complexity index is 197. The van der Waals surface area contributed by atoms with Gasteiger partial charge in [-0.3, -0.25) is 4.79 Å². The topological polar surface area (TPSA) is 56.8 Å². The second-order valence-electron chi connectivity index (χ2n) is 3.63. The Labute approximate surface area is 98.7 Å². The molecule has 0 rings (SSSR count). The molecule has 0 spiro atoms. The highest BCUT2D eigenvalue weighted by atomic mass is 28.4. The number of ether oxygens (including phenoxy) is 1. The van der Waals surface area contributed by atoms with Gasteiger partial charge in [0, 0.05) is 14.2 Å². The molecule has 16 heavy (non-hydrogen) atoms. The van der Waals surface area contributed by atoms with E-state index in [1.54, 1.807) is 21.1 Å². The van der Waals surface area contributed by atoms with Crippen molar-refractivity contribution in [1.29, 1.82) is 0 Å². The summed E-state index contributed by atoms with van der Waals surface area (Å²) in [6, 6.07) is 0.913. The van der Waals surface area contributed by atoms with Crippen LogP contribution in [0.2, 0.25) is 12.6 Å². The van der Waals surface area contributed by atoms with Gasteiger partial charge in [0.05, 0.1) is 13.2 Å². The normalized spacial score (nSPS) is 11.5. The molecule has 5 nitrogen and oxygen atoms in total. The van der Waals surface area contributed by atoms with Crippen molar-refractivity contribution in [2.45, 2.75) is 25.9 Å². The van der Waals surface area contributed by atoms with Crippen molar-refractivity contribution in [1.82, 2.24) is 5.32 Å². The number of rotatable bonds is 9. The Balaban J connectivity index is 3.49. The third-order valence-electron chi connectivity index (χ3n) is 2.42. The van der Waals surface area contributed by atoms with Crippen LogP contribution < -0.4 is 5.32 Å². The maximum absolute atomic E-state index is 11.0. The van der Waals surface area contributed by atoms with Crippen LogP contribution in [0.4, 0.5) is 0 Å². The summed E-state index contributed by atoms with van der Waals surface area (Å²) in [5, 5.41) is 3.03. The fourth-order valence-electron chi connectivity index (χ4n) is 1.22. The number of carbonyl (C=O) groups is 1. The molecule has 0 amide bonds. The molecular weight excluding hydrogens is 226 g/mol. The number of hydrogen-bond donors (Lipinski definition) is 1. The molecule has 96 valence electrons. The quantitative estimate of drug-likeness (QED) is 0.374. The second kappa shape index (κ2) is 8.69. The summed E-state index contributed by atoms with van der Waals surface area (Å²) in [5.74, 6) is -0.207. The van der Waals surface area contributed by atoms with E-state index >= 15 is 0 Å². The summed E-state index contributed by atoms with van der Waals surface area (Å²) in [6.45, 7) is 5.30. The minimum absolute atomic E-state index is 0.207. The van der Waals surface area contributed by atoms with Gasteiger partial charge in [-0.25, -0.2) is 0 Å². The van der Waals surface area contributed by atoms with Crippen molar-refractivity contribution >= 4 is 14.5 Å². The van der Waals surface area contributed by atoms with Gasteiger partial charge >= 0.3 is 14.5 Å². The Kier molecular flexibility index (Phi) is 8.45. The predicted molar refractivity (Wildman–Crippen MR) is 64.6 cm³/mol. The van der Waals surface area contributed by atoms with E-state index in [0.29, 0.717) is 6.61 Å². The van der Waals surface area contributed by atoms with Crippen LogP contribution in [0.15, 0.2) is 0 Å². The van der Waals surface area contributed by atoms with E-state index in [0.717, 1.165) is 19.0 Å².